The number of hydrogen-bond donors (Lipinski definition) is 3. The van der Waals surface area contributed by atoms with E-state index in [-0.39, 0.29) is 22.0 Å². The third kappa shape index (κ3) is 5.97. The zero-order chi connectivity index (χ0) is 28.3. The molecule has 204 valence electrons. The predicted molar refractivity (Wildman–Crippen MR) is 149 cm³/mol. The molecule has 14 heteroatoms. The van der Waals surface area contributed by atoms with E-state index in [4.69, 9.17) is 4.74 Å². The highest BCUT2D eigenvalue weighted by atomic mass is 32.2. The molecule has 0 bridgehead atoms. The van der Waals surface area contributed by atoms with Gasteiger partial charge >= 0.3 is 5.97 Å². The second-order valence-electron chi connectivity index (χ2n) is 8.61. The lowest BCUT2D eigenvalue weighted by Crippen LogP contribution is -2.32. The fraction of sp³-hybridized carbons (Fsp3) is 0.154. The molecule has 40 heavy (non-hydrogen) atoms. The summed E-state index contributed by atoms with van der Waals surface area (Å²) in [5.41, 5.74) is 2.70. The van der Waals surface area contributed by atoms with Crippen molar-refractivity contribution in [3.8, 4) is 11.4 Å². The number of ether oxygens (including phenoxy) is 1. The molecule has 0 aliphatic heterocycles. The van der Waals surface area contributed by atoms with Gasteiger partial charge in [-0.1, -0.05) is 18.3 Å². The zero-order valence-corrected chi connectivity index (χ0v) is 22.9. The number of hydrogen-bond acceptors (Lipinski definition) is 10. The number of esters is 1. The Morgan fingerprint density at radius 1 is 1.10 bits per heavy atom. The van der Waals surface area contributed by atoms with Crippen LogP contribution in [0.5, 0.6) is 0 Å². The number of carbonyl (C=O) groups excluding carboxylic acids is 2. The van der Waals surface area contributed by atoms with E-state index < -0.39 is 28.0 Å². The third-order valence-electron chi connectivity index (χ3n) is 5.74. The molecule has 3 N–H and O–H groups in total. The quantitative estimate of drug-likeness (QED) is 0.218. The number of nitrogens with one attached hydrogen (secondary N) is 3. The van der Waals surface area contributed by atoms with Crippen molar-refractivity contribution in [2.45, 2.75) is 31.3 Å². The number of carbonyl (C=O) groups is 2. The van der Waals surface area contributed by atoms with E-state index in [9.17, 15) is 18.0 Å². The number of benzene rings is 2. The summed E-state index contributed by atoms with van der Waals surface area (Å²) in [7, 11) is -3.88. The standard InChI is InChI=1S/C26H23N7O5S2/c1-3-22(24(34)28-18-7-9-19(10-8-18)40(36,37)33-26-32-31-15(2)39-26)38-25(35)16-6-11-20-21(13-16)30-23(29-20)17-5-4-12-27-14-17/h4-14,22H,3H2,1-2H3,(H,28,34)(H,29,30)(H,32,33). The Morgan fingerprint density at radius 2 is 1.90 bits per heavy atom. The number of amides is 1. The van der Waals surface area contributed by atoms with Crippen molar-refractivity contribution >= 4 is 55.1 Å². The smallest absolute Gasteiger partial charge is 0.338 e. The summed E-state index contributed by atoms with van der Waals surface area (Å²) >= 11 is 1.11. The van der Waals surface area contributed by atoms with E-state index in [1.54, 1.807) is 50.5 Å². The number of sulfonamides is 1. The van der Waals surface area contributed by atoms with E-state index in [2.05, 4.69) is 35.2 Å². The summed E-state index contributed by atoms with van der Waals surface area (Å²) in [6.07, 6.45) is 2.51. The van der Waals surface area contributed by atoms with E-state index in [0.29, 0.717) is 27.6 Å². The van der Waals surface area contributed by atoms with Crippen molar-refractivity contribution in [2.75, 3.05) is 10.0 Å². The first kappa shape index (κ1) is 26.9. The van der Waals surface area contributed by atoms with Crippen LogP contribution in [0.1, 0.15) is 28.7 Å². The van der Waals surface area contributed by atoms with Gasteiger partial charge in [-0.2, -0.15) is 0 Å². The van der Waals surface area contributed by atoms with E-state index in [1.807, 2.05) is 6.07 Å². The minimum absolute atomic E-state index is 0.0160. The molecule has 0 fully saturated rings. The van der Waals surface area contributed by atoms with E-state index in [1.165, 1.54) is 24.3 Å². The van der Waals surface area contributed by atoms with E-state index >= 15 is 0 Å². The van der Waals surface area contributed by atoms with Gasteiger partial charge in [0, 0.05) is 23.6 Å². The molecule has 0 saturated carbocycles. The first-order chi connectivity index (χ1) is 19.2. The molecule has 0 radical (unpaired) electrons. The molecule has 3 heterocycles. The van der Waals surface area contributed by atoms with Gasteiger partial charge in [0.05, 0.1) is 21.5 Å². The van der Waals surface area contributed by atoms with Gasteiger partial charge in [0.25, 0.3) is 15.9 Å². The molecule has 1 amide bonds. The average Bonchev–Trinajstić information content (AvgIpc) is 3.57. The Labute approximate surface area is 232 Å². The van der Waals surface area contributed by atoms with Gasteiger partial charge < -0.3 is 15.0 Å². The minimum Gasteiger partial charge on any atom is -0.449 e. The van der Waals surface area contributed by atoms with Crippen molar-refractivity contribution in [1.82, 2.24) is 25.1 Å². The summed E-state index contributed by atoms with van der Waals surface area (Å²) in [4.78, 5) is 37.5. The van der Waals surface area contributed by atoms with E-state index in [0.717, 1.165) is 16.9 Å². The van der Waals surface area contributed by atoms with Gasteiger partial charge in [0.2, 0.25) is 5.13 Å². The fourth-order valence-corrected chi connectivity index (χ4v) is 5.57. The number of fused-ring (bicyclic) bond motifs is 1. The average molecular weight is 578 g/mol. The lowest BCUT2D eigenvalue weighted by atomic mass is 10.2. The SMILES string of the molecule is CCC(OC(=O)c1ccc2nc(-c3cccnc3)[nH]c2c1)C(=O)Nc1ccc(S(=O)(=O)Nc2nnc(C)s2)cc1. The second kappa shape index (κ2) is 11.2. The van der Waals surface area contributed by atoms with Crippen molar-refractivity contribution in [2.24, 2.45) is 0 Å². The van der Waals surface area contributed by atoms with Crippen LogP contribution in [0.15, 0.2) is 71.9 Å². The molecule has 0 saturated heterocycles. The second-order valence-corrected chi connectivity index (χ2v) is 11.5. The third-order valence-corrected chi connectivity index (χ3v) is 7.98. The Bertz CT molecular complexity index is 1790. The Kier molecular flexibility index (Phi) is 7.53. The largest absolute Gasteiger partial charge is 0.449 e. The number of rotatable bonds is 9. The van der Waals surface area contributed by atoms with Crippen LogP contribution in [0.25, 0.3) is 22.4 Å². The molecule has 5 aromatic rings. The van der Waals surface area contributed by atoms with Gasteiger partial charge in [-0.15, -0.1) is 10.2 Å². The van der Waals surface area contributed by atoms with Gasteiger partial charge in [0.1, 0.15) is 10.8 Å². The number of aryl methyl sites for hydroxylation is 1. The minimum atomic E-state index is -3.88. The lowest BCUT2D eigenvalue weighted by molar-refractivity contribution is -0.124. The van der Waals surface area contributed by atoms with Gasteiger partial charge in [-0.3, -0.25) is 14.5 Å². The molecule has 1 unspecified atom stereocenters. The van der Waals surface area contributed by atoms with Gasteiger partial charge in [-0.05, 0) is 67.9 Å². The first-order valence-electron chi connectivity index (χ1n) is 12.1. The van der Waals surface area contributed by atoms with Gasteiger partial charge in [0.15, 0.2) is 6.10 Å². The summed E-state index contributed by atoms with van der Waals surface area (Å²) in [5, 5.41) is 11.0. The molecule has 0 aliphatic rings. The van der Waals surface area contributed by atoms with Gasteiger partial charge in [-0.25, -0.2) is 18.2 Å². The van der Waals surface area contributed by atoms with Crippen LogP contribution in [0.3, 0.4) is 0 Å². The maximum absolute atomic E-state index is 12.9. The molecular weight excluding hydrogens is 554 g/mol. The zero-order valence-electron chi connectivity index (χ0n) is 21.3. The maximum Gasteiger partial charge on any atom is 0.338 e. The molecule has 0 aliphatic carbocycles. The molecule has 12 nitrogen and oxygen atoms in total. The predicted octanol–water partition coefficient (Wildman–Crippen LogP) is 4.16. The topological polar surface area (TPSA) is 169 Å². The van der Waals surface area contributed by atoms with Crippen LogP contribution >= 0.6 is 11.3 Å². The van der Waals surface area contributed by atoms with Crippen molar-refractivity contribution < 1.29 is 22.7 Å². The summed E-state index contributed by atoms with van der Waals surface area (Å²) in [6, 6.07) is 14.1. The van der Waals surface area contributed by atoms with Crippen molar-refractivity contribution in [3.63, 3.8) is 0 Å². The Morgan fingerprint density at radius 3 is 2.58 bits per heavy atom. The van der Waals surface area contributed by atoms with Crippen LogP contribution in [0.4, 0.5) is 10.8 Å². The Balaban J connectivity index is 1.23. The number of H-pyrrole nitrogens is 1. The Hall–Kier alpha value is -4.69. The molecule has 2 aromatic carbocycles. The highest BCUT2D eigenvalue weighted by Gasteiger charge is 2.23. The van der Waals surface area contributed by atoms with Crippen molar-refractivity contribution in [3.05, 3.63) is 77.6 Å². The molecule has 5 rings (SSSR count). The number of nitrogens with zero attached hydrogens (tertiary/aromatic N) is 4. The normalized spacial score (nSPS) is 12.2. The maximum atomic E-state index is 12.9. The van der Waals surface area contributed by atoms with Crippen molar-refractivity contribution in [1.29, 1.82) is 0 Å². The van der Waals surface area contributed by atoms with Crippen LogP contribution in [-0.4, -0.2) is 51.5 Å². The van der Waals surface area contributed by atoms with Crippen LogP contribution in [0.2, 0.25) is 0 Å². The summed E-state index contributed by atoms with van der Waals surface area (Å²) < 4.78 is 33.0. The first-order valence-corrected chi connectivity index (χ1v) is 14.4. The highest BCUT2D eigenvalue weighted by molar-refractivity contribution is 7.93. The number of anilines is 2. The number of imidazole rings is 1. The number of aromatic nitrogens is 5. The fourth-order valence-electron chi connectivity index (χ4n) is 3.75. The molecular formula is C26H23N7O5S2. The molecule has 1 atom stereocenters. The van der Waals surface area contributed by atoms with Crippen LogP contribution < -0.4 is 10.0 Å². The monoisotopic (exact) mass is 577 g/mol. The number of pyridine rings is 1. The lowest BCUT2D eigenvalue weighted by Gasteiger charge is -2.16. The molecule has 0 spiro atoms. The van der Waals surface area contributed by atoms with Crippen LogP contribution in [-0.2, 0) is 19.6 Å². The summed E-state index contributed by atoms with van der Waals surface area (Å²) in [5.74, 6) is -0.597. The molecule has 3 aromatic heterocycles. The number of aromatic amines is 1. The highest BCUT2D eigenvalue weighted by Crippen LogP contribution is 2.23. The van der Waals surface area contributed by atoms with Crippen LogP contribution in [0, 0.1) is 6.92 Å². The summed E-state index contributed by atoms with van der Waals surface area (Å²) in [6.45, 7) is 3.43.